The van der Waals surface area contributed by atoms with E-state index in [0.717, 1.165) is 11.1 Å². The number of nitrogens with zero attached hydrogens (tertiary/aromatic N) is 4. The van der Waals surface area contributed by atoms with E-state index in [1.54, 1.807) is 36.4 Å². The molecule has 18 heteroatoms. The summed E-state index contributed by atoms with van der Waals surface area (Å²) in [4.78, 5) is 78.6. The van der Waals surface area contributed by atoms with Crippen molar-refractivity contribution in [3.05, 3.63) is 210 Å². The molecule has 15 nitrogen and oxygen atoms in total. The van der Waals surface area contributed by atoms with E-state index in [2.05, 4.69) is 0 Å². The Bertz CT molecular complexity index is 2510. The highest BCUT2D eigenvalue weighted by Gasteiger charge is 2.24. The molecule has 0 amide bonds. The number of ether oxygens (including phenoxy) is 2. The molecule has 0 aliphatic heterocycles. The summed E-state index contributed by atoms with van der Waals surface area (Å²) in [6.45, 7) is 1.35. The molecule has 0 bridgehead atoms. The van der Waals surface area contributed by atoms with E-state index in [0.29, 0.717) is 33.9 Å². The number of hydrogen-bond donors (Lipinski definition) is 0. The number of thioether (sulfide) groups is 2. The summed E-state index contributed by atoms with van der Waals surface area (Å²) in [6, 6.07) is 37.7. The van der Waals surface area contributed by atoms with Gasteiger partial charge in [0.15, 0.2) is 11.9 Å². The molecule has 0 N–H and O–H groups in total. The predicted octanol–water partition coefficient (Wildman–Crippen LogP) is 6.15. The number of hydrogen-bond acceptors (Lipinski definition) is 13. The Morgan fingerprint density at radius 1 is 0.516 bits per heavy atom. The van der Waals surface area contributed by atoms with Crippen LogP contribution in [0.4, 0.5) is 0 Å². The van der Waals surface area contributed by atoms with Crippen molar-refractivity contribution >= 4 is 43.6 Å². The Morgan fingerprint density at radius 2 is 0.875 bits per heavy atom. The largest absolute Gasteiger partial charge is 0.699 e. The van der Waals surface area contributed by atoms with Crippen LogP contribution in [0.2, 0.25) is 0 Å². The highest BCUT2D eigenvalue weighted by atomic mass is 32.2. The van der Waals surface area contributed by atoms with Gasteiger partial charge in [0.2, 0.25) is 0 Å². The van der Waals surface area contributed by atoms with Crippen LogP contribution in [0.3, 0.4) is 0 Å². The van der Waals surface area contributed by atoms with Crippen LogP contribution in [0.15, 0.2) is 165 Å². The quantitative estimate of drug-likeness (QED) is 0.0384. The van der Waals surface area contributed by atoms with Crippen LogP contribution in [-0.2, 0) is 49.4 Å². The van der Waals surface area contributed by atoms with Crippen molar-refractivity contribution in [1.82, 2.24) is 18.3 Å². The molecule has 0 saturated heterocycles. The molecule has 2 heterocycles. The maximum absolute atomic E-state index is 13.5. The van der Waals surface area contributed by atoms with Gasteiger partial charge in [0, 0.05) is 76.6 Å². The second kappa shape index (κ2) is 24.9. The fourth-order valence-corrected chi connectivity index (χ4v) is 9.05. The molecule has 0 saturated carbocycles. The van der Waals surface area contributed by atoms with Crippen LogP contribution in [0, 0.1) is 11.8 Å². The van der Waals surface area contributed by atoms with Crippen molar-refractivity contribution in [2.24, 2.45) is 11.8 Å². The first-order chi connectivity index (χ1) is 31.2. The summed E-state index contributed by atoms with van der Waals surface area (Å²) in [5, 5.41) is 0. The van der Waals surface area contributed by atoms with Crippen molar-refractivity contribution in [3.8, 4) is 0 Å². The number of carbonyl (C=O) groups excluding carboxylic acids is 2. The SMILES string of the molecule is O=C(c1ccccc1)n1c(=O)ccn(CC(COCc2ccccc2)CSCO[P+](=O)OCSCC(COCc2ccccc2)Cn2ccc(=O)n(C(=O)c3ccccc3)c2=O)c1=O. The molecule has 2 atom stereocenters. The van der Waals surface area contributed by atoms with Crippen LogP contribution < -0.4 is 22.5 Å². The van der Waals surface area contributed by atoms with Gasteiger partial charge in [-0.15, -0.1) is 32.6 Å². The van der Waals surface area contributed by atoms with Crippen molar-refractivity contribution in [3.63, 3.8) is 0 Å². The van der Waals surface area contributed by atoms with Crippen LogP contribution in [0.5, 0.6) is 0 Å². The van der Waals surface area contributed by atoms with Gasteiger partial charge in [-0.05, 0) is 35.4 Å². The van der Waals surface area contributed by atoms with Gasteiger partial charge in [0.05, 0.1) is 26.4 Å². The molecular weight excluding hydrogens is 880 g/mol. The molecule has 2 aromatic heterocycles. The van der Waals surface area contributed by atoms with Gasteiger partial charge in [-0.2, -0.15) is 9.13 Å². The van der Waals surface area contributed by atoms with Crippen LogP contribution in [0.25, 0.3) is 0 Å². The minimum absolute atomic E-state index is 0.00771. The molecule has 0 radical (unpaired) electrons. The first-order valence-electron chi connectivity index (χ1n) is 20.1. The van der Waals surface area contributed by atoms with Crippen LogP contribution in [0.1, 0.15) is 31.8 Å². The fourth-order valence-electron chi connectivity index (χ4n) is 6.43. The zero-order chi connectivity index (χ0) is 45.1. The summed E-state index contributed by atoms with van der Waals surface area (Å²) in [7, 11) is -2.52. The molecule has 64 heavy (non-hydrogen) atoms. The van der Waals surface area contributed by atoms with E-state index in [9.17, 15) is 33.3 Å². The maximum atomic E-state index is 13.5. The first kappa shape index (κ1) is 47.7. The summed E-state index contributed by atoms with van der Waals surface area (Å²) in [5.41, 5.74) is -0.694. The lowest BCUT2D eigenvalue weighted by Crippen LogP contribution is -2.44. The van der Waals surface area contributed by atoms with E-state index in [4.69, 9.17) is 18.5 Å². The van der Waals surface area contributed by atoms with Gasteiger partial charge in [0.25, 0.3) is 22.9 Å². The summed E-state index contributed by atoms with van der Waals surface area (Å²) in [5.74, 6) is -1.24. The number of aromatic nitrogens is 4. The number of rotatable bonds is 24. The lowest BCUT2D eigenvalue weighted by molar-refractivity contribution is 0.0868. The third-order valence-electron chi connectivity index (χ3n) is 9.59. The highest BCUT2D eigenvalue weighted by Crippen LogP contribution is 2.28. The lowest BCUT2D eigenvalue weighted by Gasteiger charge is -2.18. The second-order valence-corrected chi connectivity index (χ2v) is 17.3. The predicted molar refractivity (Wildman–Crippen MR) is 246 cm³/mol. The molecule has 2 unspecified atom stereocenters. The average molecular weight is 926 g/mol. The number of carbonyl (C=O) groups is 2. The van der Waals surface area contributed by atoms with Gasteiger partial charge in [-0.1, -0.05) is 97.1 Å². The molecule has 6 aromatic rings. The Labute approximate surface area is 377 Å². The molecule has 0 aliphatic rings. The van der Waals surface area contributed by atoms with Gasteiger partial charge in [-0.25, -0.2) is 9.59 Å². The Balaban J connectivity index is 1.02. The Kier molecular flexibility index (Phi) is 18.6. The number of benzene rings is 4. The topological polar surface area (TPSA) is 176 Å². The van der Waals surface area contributed by atoms with Crippen LogP contribution in [-0.4, -0.2) is 66.7 Å². The first-order valence-corrected chi connectivity index (χ1v) is 23.5. The summed E-state index contributed by atoms with van der Waals surface area (Å²) in [6.07, 6.45) is 2.72. The smallest absolute Gasteiger partial charge is 0.376 e. The minimum Gasteiger partial charge on any atom is -0.376 e. The van der Waals surface area contributed by atoms with E-state index in [-0.39, 0.29) is 61.1 Å². The molecule has 4 aromatic carbocycles. The Morgan fingerprint density at radius 3 is 1.25 bits per heavy atom. The normalized spacial score (nSPS) is 12.4. The van der Waals surface area contributed by atoms with Crippen molar-refractivity contribution in [2.45, 2.75) is 26.3 Å². The fraction of sp³-hybridized carbons (Fsp3) is 0.261. The van der Waals surface area contributed by atoms with Gasteiger partial charge in [0.1, 0.15) is 0 Å². The van der Waals surface area contributed by atoms with E-state index >= 15 is 0 Å². The van der Waals surface area contributed by atoms with Crippen molar-refractivity contribution in [1.29, 1.82) is 0 Å². The van der Waals surface area contributed by atoms with E-state index in [1.165, 1.54) is 81.4 Å². The monoisotopic (exact) mass is 925 g/mol. The third kappa shape index (κ3) is 14.1. The molecule has 6 rings (SSSR count). The maximum Gasteiger partial charge on any atom is 0.699 e. The third-order valence-corrected chi connectivity index (χ3v) is 12.6. The lowest BCUT2D eigenvalue weighted by atomic mass is 10.2. The molecule has 332 valence electrons. The van der Waals surface area contributed by atoms with E-state index in [1.807, 2.05) is 60.7 Å². The molecule has 0 aliphatic carbocycles. The molecule has 0 fully saturated rings. The summed E-state index contributed by atoms with van der Waals surface area (Å²) >= 11 is 2.61. The highest BCUT2D eigenvalue weighted by molar-refractivity contribution is 7.99. The Hall–Kier alpha value is -5.78. The minimum atomic E-state index is -2.52. The second-order valence-electron chi connectivity index (χ2n) is 14.4. The average Bonchev–Trinajstić information content (AvgIpc) is 3.32. The van der Waals surface area contributed by atoms with Crippen molar-refractivity contribution < 1.29 is 32.7 Å². The zero-order valence-electron chi connectivity index (χ0n) is 34.6. The van der Waals surface area contributed by atoms with Gasteiger partial charge in [-0.3, -0.25) is 28.3 Å². The molecular formula is C46H46N4O11PS2+. The zero-order valence-corrected chi connectivity index (χ0v) is 37.2. The standard InChI is InChI=1S/C46H46N4O11PS2/c51-41-21-23-47(45(55)49(41)43(53)39-17-9-3-10-18-39)25-37(29-58-27-35-13-5-1-6-14-35)31-63-33-60-62(57)61-34-64-32-38(30-59-28-36-15-7-2-8-16-36)26-48-24-22-42(52)50(46(48)56)44(54)40-19-11-4-12-20-40/h1-24,37-38H,25-34H2/q+1. The molecule has 0 spiro atoms. The summed E-state index contributed by atoms with van der Waals surface area (Å²) < 4.78 is 39.6. The van der Waals surface area contributed by atoms with Gasteiger partial charge >= 0.3 is 19.6 Å². The van der Waals surface area contributed by atoms with E-state index < -0.39 is 42.6 Å². The van der Waals surface area contributed by atoms with Crippen molar-refractivity contribution in [2.75, 3.05) is 36.6 Å². The van der Waals surface area contributed by atoms with Crippen LogP contribution >= 0.6 is 31.8 Å². The van der Waals surface area contributed by atoms with Gasteiger partial charge < -0.3 is 9.47 Å².